The van der Waals surface area contributed by atoms with Crippen LogP contribution in [0.4, 0.5) is 0 Å². The van der Waals surface area contributed by atoms with Gasteiger partial charge in [-0.05, 0) is 38.6 Å². The number of Topliss-reactive ketones (excluding diaryl/α,β-unsaturated/α-hetero) is 1. The molecule has 0 fully saturated rings. The minimum Gasteiger partial charge on any atom is -0.294 e. The second-order valence-corrected chi connectivity index (χ2v) is 6.92. The minimum atomic E-state index is 0.160. The first-order valence-corrected chi connectivity index (χ1v) is 7.68. The summed E-state index contributed by atoms with van der Waals surface area (Å²) < 4.78 is 0.786. The lowest BCUT2D eigenvalue weighted by Crippen LogP contribution is -2.25. The van der Waals surface area contributed by atoms with Gasteiger partial charge in [0.2, 0.25) is 0 Å². The van der Waals surface area contributed by atoms with Gasteiger partial charge in [-0.15, -0.1) is 11.3 Å². The van der Waals surface area contributed by atoms with E-state index in [1.54, 1.807) is 11.3 Å². The van der Waals surface area contributed by atoms with Gasteiger partial charge in [0.15, 0.2) is 5.78 Å². The van der Waals surface area contributed by atoms with E-state index in [9.17, 15) is 4.79 Å². The highest BCUT2D eigenvalue weighted by Crippen LogP contribution is 2.22. The molecule has 4 heteroatoms. The third-order valence-corrected chi connectivity index (χ3v) is 4.37. The Labute approximate surface area is 129 Å². The molecule has 2 rings (SSSR count). The summed E-state index contributed by atoms with van der Waals surface area (Å²) in [7, 11) is 1.95. The SMILES string of the molecule is Cc1ccc(C(=O)CN(C)Cc2ccc(Cl)s2)c(C)c1. The smallest absolute Gasteiger partial charge is 0.177 e. The lowest BCUT2D eigenvalue weighted by molar-refractivity contribution is 0.0943. The molecule has 0 bridgehead atoms. The Morgan fingerprint density at radius 3 is 2.60 bits per heavy atom. The number of benzene rings is 1. The van der Waals surface area contributed by atoms with E-state index < -0.39 is 0 Å². The van der Waals surface area contributed by atoms with Gasteiger partial charge in [0.1, 0.15) is 0 Å². The summed E-state index contributed by atoms with van der Waals surface area (Å²) in [6.45, 7) is 5.18. The Balaban J connectivity index is 2.00. The molecular formula is C16H18ClNOS. The molecule has 0 unspecified atom stereocenters. The van der Waals surface area contributed by atoms with Crippen LogP contribution >= 0.6 is 22.9 Å². The third kappa shape index (κ3) is 3.92. The van der Waals surface area contributed by atoms with Crippen LogP contribution in [0.25, 0.3) is 0 Å². The van der Waals surface area contributed by atoms with Gasteiger partial charge in [-0.2, -0.15) is 0 Å². The third-order valence-electron chi connectivity index (χ3n) is 3.15. The average molecular weight is 308 g/mol. The van der Waals surface area contributed by atoms with Gasteiger partial charge in [-0.25, -0.2) is 0 Å². The number of hydrogen-bond acceptors (Lipinski definition) is 3. The zero-order valence-electron chi connectivity index (χ0n) is 11.9. The van der Waals surface area contributed by atoms with Crippen LogP contribution in [0.1, 0.15) is 26.4 Å². The molecule has 106 valence electrons. The number of rotatable bonds is 5. The molecule has 0 atom stereocenters. The normalized spacial score (nSPS) is 11.1. The highest BCUT2D eigenvalue weighted by molar-refractivity contribution is 7.16. The summed E-state index contributed by atoms with van der Waals surface area (Å²) in [5.74, 6) is 0.160. The van der Waals surface area contributed by atoms with E-state index in [2.05, 4.69) is 0 Å². The Morgan fingerprint density at radius 2 is 2.00 bits per heavy atom. The standard InChI is InChI=1S/C16H18ClNOS/c1-11-4-6-14(12(2)8-11)15(19)10-18(3)9-13-5-7-16(17)20-13/h4-8H,9-10H2,1-3H3. The van der Waals surface area contributed by atoms with Gasteiger partial charge in [-0.1, -0.05) is 35.4 Å². The predicted molar refractivity (Wildman–Crippen MR) is 85.9 cm³/mol. The molecule has 1 aromatic carbocycles. The van der Waals surface area contributed by atoms with E-state index >= 15 is 0 Å². The summed E-state index contributed by atoms with van der Waals surface area (Å²) >= 11 is 7.47. The number of hydrogen-bond donors (Lipinski definition) is 0. The average Bonchev–Trinajstić information content (AvgIpc) is 2.74. The van der Waals surface area contributed by atoms with Gasteiger partial charge in [-0.3, -0.25) is 9.69 Å². The molecule has 0 aliphatic rings. The fourth-order valence-corrected chi connectivity index (χ4v) is 3.38. The monoisotopic (exact) mass is 307 g/mol. The second-order valence-electron chi connectivity index (χ2n) is 5.12. The summed E-state index contributed by atoms with van der Waals surface area (Å²) in [5, 5.41) is 0. The number of carbonyl (C=O) groups is 1. The zero-order chi connectivity index (χ0) is 14.7. The number of likely N-dealkylation sites (N-methyl/N-ethyl adjacent to an activating group) is 1. The fraction of sp³-hybridized carbons (Fsp3) is 0.312. The molecular weight excluding hydrogens is 290 g/mol. The van der Waals surface area contributed by atoms with Crippen LogP contribution in [-0.4, -0.2) is 24.3 Å². The number of ketones is 1. The van der Waals surface area contributed by atoms with Crippen molar-refractivity contribution < 1.29 is 4.79 Å². The summed E-state index contributed by atoms with van der Waals surface area (Å²) in [6, 6.07) is 9.85. The maximum Gasteiger partial charge on any atom is 0.177 e. The highest BCUT2D eigenvalue weighted by atomic mass is 35.5. The van der Waals surface area contributed by atoms with Crippen molar-refractivity contribution in [1.82, 2.24) is 4.90 Å². The first kappa shape index (κ1) is 15.2. The molecule has 0 aliphatic carbocycles. The number of thiophene rings is 1. The fourth-order valence-electron chi connectivity index (χ4n) is 2.22. The minimum absolute atomic E-state index is 0.160. The lowest BCUT2D eigenvalue weighted by Gasteiger charge is -2.15. The number of aryl methyl sites for hydroxylation is 2. The zero-order valence-corrected chi connectivity index (χ0v) is 13.5. The van der Waals surface area contributed by atoms with Crippen molar-refractivity contribution >= 4 is 28.7 Å². The van der Waals surface area contributed by atoms with E-state index in [1.165, 1.54) is 10.4 Å². The number of halogens is 1. The van der Waals surface area contributed by atoms with Gasteiger partial charge >= 0.3 is 0 Å². The van der Waals surface area contributed by atoms with E-state index in [0.29, 0.717) is 6.54 Å². The molecule has 0 N–H and O–H groups in total. The Morgan fingerprint density at radius 1 is 1.25 bits per heavy atom. The van der Waals surface area contributed by atoms with E-state index in [1.807, 2.05) is 56.1 Å². The maximum atomic E-state index is 12.3. The Bertz CT molecular complexity index is 621. The second kappa shape index (κ2) is 6.53. The molecule has 0 saturated carbocycles. The molecule has 0 aliphatic heterocycles. The molecule has 1 heterocycles. The van der Waals surface area contributed by atoms with Gasteiger partial charge in [0, 0.05) is 17.0 Å². The Hall–Kier alpha value is -1.16. The molecule has 1 aromatic heterocycles. The van der Waals surface area contributed by atoms with Crippen molar-refractivity contribution in [1.29, 1.82) is 0 Å². The van der Waals surface area contributed by atoms with Gasteiger partial charge in [0.05, 0.1) is 10.9 Å². The van der Waals surface area contributed by atoms with E-state index in [-0.39, 0.29) is 5.78 Å². The summed E-state index contributed by atoms with van der Waals surface area (Å²) in [4.78, 5) is 15.5. The first-order chi connectivity index (χ1) is 9.45. The molecule has 0 amide bonds. The van der Waals surface area contributed by atoms with Crippen LogP contribution in [0, 0.1) is 13.8 Å². The van der Waals surface area contributed by atoms with Crippen LogP contribution in [0.3, 0.4) is 0 Å². The molecule has 20 heavy (non-hydrogen) atoms. The molecule has 0 radical (unpaired) electrons. The topological polar surface area (TPSA) is 20.3 Å². The van der Waals surface area contributed by atoms with Crippen LogP contribution in [0.2, 0.25) is 4.34 Å². The van der Waals surface area contributed by atoms with Crippen molar-refractivity contribution in [3.05, 3.63) is 56.2 Å². The first-order valence-electron chi connectivity index (χ1n) is 6.49. The van der Waals surface area contributed by atoms with Gasteiger partial charge in [0.25, 0.3) is 0 Å². The quantitative estimate of drug-likeness (QED) is 0.766. The van der Waals surface area contributed by atoms with Gasteiger partial charge < -0.3 is 0 Å². The number of nitrogens with zero attached hydrogens (tertiary/aromatic N) is 1. The van der Waals surface area contributed by atoms with Crippen LogP contribution < -0.4 is 0 Å². The molecule has 2 aromatic rings. The van der Waals surface area contributed by atoms with E-state index in [0.717, 1.165) is 22.0 Å². The highest BCUT2D eigenvalue weighted by Gasteiger charge is 2.12. The lowest BCUT2D eigenvalue weighted by atomic mass is 10.0. The molecule has 2 nitrogen and oxygen atoms in total. The van der Waals surface area contributed by atoms with Crippen molar-refractivity contribution in [3.63, 3.8) is 0 Å². The van der Waals surface area contributed by atoms with E-state index in [4.69, 9.17) is 11.6 Å². The van der Waals surface area contributed by atoms with Crippen molar-refractivity contribution in [2.75, 3.05) is 13.6 Å². The maximum absolute atomic E-state index is 12.3. The Kier molecular flexibility index (Phi) is 4.97. The van der Waals surface area contributed by atoms with Crippen LogP contribution in [0.5, 0.6) is 0 Å². The van der Waals surface area contributed by atoms with Crippen molar-refractivity contribution in [2.45, 2.75) is 20.4 Å². The van der Waals surface area contributed by atoms with Crippen molar-refractivity contribution in [3.8, 4) is 0 Å². The van der Waals surface area contributed by atoms with Crippen molar-refractivity contribution in [2.24, 2.45) is 0 Å². The van der Waals surface area contributed by atoms with Crippen LogP contribution in [0.15, 0.2) is 30.3 Å². The molecule has 0 spiro atoms. The van der Waals surface area contributed by atoms with Crippen LogP contribution in [-0.2, 0) is 6.54 Å². The summed E-state index contributed by atoms with van der Waals surface area (Å²) in [6.07, 6.45) is 0. The predicted octanol–water partition coefficient (Wildman–Crippen LogP) is 4.33. The molecule has 0 saturated heterocycles. The largest absolute Gasteiger partial charge is 0.294 e. The summed E-state index contributed by atoms with van der Waals surface area (Å²) in [5.41, 5.74) is 3.04. The number of carbonyl (C=O) groups excluding carboxylic acids is 1.